The molecule has 0 rings (SSSR count). The van der Waals surface area contributed by atoms with Crippen molar-refractivity contribution in [2.24, 2.45) is 0 Å². The Morgan fingerprint density at radius 2 is 1.53 bits per heavy atom. The summed E-state index contributed by atoms with van der Waals surface area (Å²) in [5.74, 6) is -1.34. The zero-order chi connectivity index (χ0) is 12.3. The molecule has 0 aromatic rings. The van der Waals surface area contributed by atoms with Gasteiger partial charge in [0.25, 0.3) is 0 Å². The van der Waals surface area contributed by atoms with E-state index in [-0.39, 0.29) is 0 Å². The number of aldehydes is 1. The summed E-state index contributed by atoms with van der Waals surface area (Å²) in [6, 6.07) is 0. The highest BCUT2D eigenvalue weighted by Crippen LogP contribution is 2.16. The lowest BCUT2D eigenvalue weighted by Gasteiger charge is -2.26. The maximum atomic E-state index is 11.5. The number of hydrogen-bond donors (Lipinski definition) is 0. The molecule has 0 bridgehead atoms. The average molecular weight is 216 g/mol. The average Bonchev–Trinajstić information content (AvgIpc) is 2.01. The normalized spacial score (nSPS) is 11.8. The van der Waals surface area contributed by atoms with Gasteiger partial charge in [-0.15, -0.1) is 0 Å². The van der Waals surface area contributed by atoms with Crippen LogP contribution in [0.4, 0.5) is 0 Å². The summed E-state index contributed by atoms with van der Waals surface area (Å²) in [6.45, 7) is 6.89. The second kappa shape index (κ2) is 4.42. The van der Waals surface area contributed by atoms with Crippen molar-refractivity contribution in [3.8, 4) is 0 Å². The zero-order valence-electron chi connectivity index (χ0n) is 9.62. The minimum absolute atomic E-state index is 0.509. The largest absolute Gasteiger partial charge is 0.449 e. The number of carbonyl (C=O) groups excluding carboxylic acids is 3. The number of hydrogen-bond acceptors (Lipinski definition) is 5. The van der Waals surface area contributed by atoms with Crippen LogP contribution >= 0.6 is 0 Å². The fourth-order valence-electron chi connectivity index (χ4n) is 0.787. The molecule has 0 amide bonds. The van der Waals surface area contributed by atoms with Gasteiger partial charge in [0, 0.05) is 6.92 Å². The first kappa shape index (κ1) is 13.6. The number of ether oxygens (including phenoxy) is 2. The standard InChI is InChI=1S/C10H16O5/c1-7(12)14-10(4,5)8(13)15-9(2,3)6-11/h6H,1-5H3. The van der Waals surface area contributed by atoms with Crippen LogP contribution in [0.15, 0.2) is 0 Å². The highest BCUT2D eigenvalue weighted by molar-refractivity contribution is 5.83. The maximum absolute atomic E-state index is 11.5. The fourth-order valence-corrected chi connectivity index (χ4v) is 0.787. The summed E-state index contributed by atoms with van der Waals surface area (Å²) in [4.78, 5) is 32.7. The number of carbonyl (C=O) groups is 3. The molecule has 0 aliphatic rings. The predicted octanol–water partition coefficient (Wildman–Crippen LogP) is 0.849. The first-order valence-corrected chi connectivity index (χ1v) is 4.50. The maximum Gasteiger partial charge on any atom is 0.350 e. The van der Waals surface area contributed by atoms with Gasteiger partial charge in [-0.1, -0.05) is 0 Å². The van der Waals surface area contributed by atoms with E-state index in [1.54, 1.807) is 0 Å². The minimum atomic E-state index is -1.38. The molecule has 0 aromatic carbocycles. The number of esters is 2. The Labute approximate surface area is 88.7 Å². The van der Waals surface area contributed by atoms with Crippen molar-refractivity contribution in [2.75, 3.05) is 0 Å². The van der Waals surface area contributed by atoms with Gasteiger partial charge in [0.15, 0.2) is 11.9 Å². The Morgan fingerprint density at radius 3 is 1.87 bits per heavy atom. The summed E-state index contributed by atoms with van der Waals surface area (Å²) in [5, 5.41) is 0. The SMILES string of the molecule is CC(=O)OC(C)(C)C(=O)OC(C)(C)C=O. The summed E-state index contributed by atoms with van der Waals surface area (Å²) in [6.07, 6.45) is 0.509. The lowest BCUT2D eigenvalue weighted by molar-refractivity contribution is -0.186. The molecule has 5 nitrogen and oxygen atoms in total. The molecule has 0 N–H and O–H groups in total. The third-order valence-corrected chi connectivity index (χ3v) is 1.53. The van der Waals surface area contributed by atoms with Gasteiger partial charge < -0.3 is 9.47 Å². The van der Waals surface area contributed by atoms with Gasteiger partial charge in [-0.05, 0) is 27.7 Å². The topological polar surface area (TPSA) is 69.7 Å². The molecule has 0 aliphatic heterocycles. The minimum Gasteiger partial charge on any atom is -0.449 e. The van der Waals surface area contributed by atoms with Crippen molar-refractivity contribution in [3.05, 3.63) is 0 Å². The predicted molar refractivity (Wildman–Crippen MR) is 52.1 cm³/mol. The monoisotopic (exact) mass is 216 g/mol. The molecule has 0 atom stereocenters. The molecule has 86 valence electrons. The van der Waals surface area contributed by atoms with Gasteiger partial charge in [0.1, 0.15) is 0 Å². The molecule has 0 heterocycles. The van der Waals surface area contributed by atoms with Crippen molar-refractivity contribution >= 4 is 18.2 Å². The van der Waals surface area contributed by atoms with E-state index in [0.29, 0.717) is 6.29 Å². The van der Waals surface area contributed by atoms with Crippen LogP contribution in [0, 0.1) is 0 Å². The molecular weight excluding hydrogens is 200 g/mol. The Kier molecular flexibility index (Phi) is 4.01. The molecule has 0 aromatic heterocycles. The second-order valence-electron chi connectivity index (χ2n) is 4.21. The molecule has 0 fully saturated rings. The third-order valence-electron chi connectivity index (χ3n) is 1.53. The van der Waals surface area contributed by atoms with Gasteiger partial charge in [-0.2, -0.15) is 0 Å². The Bertz CT molecular complexity index is 278. The van der Waals surface area contributed by atoms with E-state index in [0.717, 1.165) is 0 Å². The fraction of sp³-hybridized carbons (Fsp3) is 0.700. The Balaban J connectivity index is 4.57. The van der Waals surface area contributed by atoms with E-state index in [1.165, 1.54) is 34.6 Å². The summed E-state index contributed by atoms with van der Waals surface area (Å²) in [7, 11) is 0. The van der Waals surface area contributed by atoms with Crippen LogP contribution in [0.3, 0.4) is 0 Å². The molecule has 0 aliphatic carbocycles. The van der Waals surface area contributed by atoms with Crippen molar-refractivity contribution in [1.82, 2.24) is 0 Å². The highest BCUT2D eigenvalue weighted by atomic mass is 16.6. The lowest BCUT2D eigenvalue weighted by Crippen LogP contribution is -2.43. The van der Waals surface area contributed by atoms with Crippen LogP contribution in [-0.4, -0.2) is 29.4 Å². The summed E-state index contributed by atoms with van der Waals surface area (Å²) < 4.78 is 9.63. The smallest absolute Gasteiger partial charge is 0.350 e. The molecule has 15 heavy (non-hydrogen) atoms. The highest BCUT2D eigenvalue weighted by Gasteiger charge is 2.36. The van der Waals surface area contributed by atoms with E-state index < -0.39 is 23.1 Å². The van der Waals surface area contributed by atoms with Crippen molar-refractivity contribution in [2.45, 2.75) is 45.8 Å². The van der Waals surface area contributed by atoms with E-state index >= 15 is 0 Å². The van der Waals surface area contributed by atoms with Crippen molar-refractivity contribution < 1.29 is 23.9 Å². The molecule has 0 radical (unpaired) electrons. The van der Waals surface area contributed by atoms with Crippen LogP contribution in [0.5, 0.6) is 0 Å². The lowest BCUT2D eigenvalue weighted by atomic mass is 10.1. The third kappa shape index (κ3) is 4.58. The van der Waals surface area contributed by atoms with Gasteiger partial charge in [-0.3, -0.25) is 9.59 Å². The first-order chi connectivity index (χ1) is 6.60. The summed E-state index contributed by atoms with van der Waals surface area (Å²) >= 11 is 0. The van der Waals surface area contributed by atoms with Crippen LogP contribution in [-0.2, 0) is 23.9 Å². The Hall–Kier alpha value is -1.39. The van der Waals surface area contributed by atoms with Gasteiger partial charge >= 0.3 is 11.9 Å². The Morgan fingerprint density at radius 1 is 1.07 bits per heavy atom. The van der Waals surface area contributed by atoms with Crippen molar-refractivity contribution in [1.29, 1.82) is 0 Å². The van der Waals surface area contributed by atoms with E-state index in [4.69, 9.17) is 9.47 Å². The van der Waals surface area contributed by atoms with Crippen molar-refractivity contribution in [3.63, 3.8) is 0 Å². The van der Waals surface area contributed by atoms with Crippen LogP contribution in [0.1, 0.15) is 34.6 Å². The van der Waals surface area contributed by atoms with Crippen LogP contribution in [0.25, 0.3) is 0 Å². The van der Waals surface area contributed by atoms with Gasteiger partial charge in [-0.25, -0.2) is 4.79 Å². The van der Waals surface area contributed by atoms with Gasteiger partial charge in [0.2, 0.25) is 5.60 Å². The first-order valence-electron chi connectivity index (χ1n) is 4.50. The second-order valence-corrected chi connectivity index (χ2v) is 4.21. The quantitative estimate of drug-likeness (QED) is 0.514. The van der Waals surface area contributed by atoms with E-state index in [9.17, 15) is 14.4 Å². The van der Waals surface area contributed by atoms with Crippen LogP contribution in [0.2, 0.25) is 0 Å². The molecule has 0 saturated heterocycles. The molecular formula is C10H16O5. The van der Waals surface area contributed by atoms with E-state index in [2.05, 4.69) is 0 Å². The van der Waals surface area contributed by atoms with Gasteiger partial charge in [0.05, 0.1) is 0 Å². The zero-order valence-corrected chi connectivity index (χ0v) is 9.62. The molecule has 0 spiro atoms. The summed E-state index contributed by atoms with van der Waals surface area (Å²) in [5.41, 5.74) is -2.60. The van der Waals surface area contributed by atoms with E-state index in [1.807, 2.05) is 0 Å². The van der Waals surface area contributed by atoms with Crippen LogP contribution < -0.4 is 0 Å². The number of rotatable bonds is 4. The molecule has 0 saturated carbocycles. The molecule has 5 heteroatoms. The molecule has 0 unspecified atom stereocenters.